The molecule has 0 aliphatic rings. The molecule has 0 N–H and O–H groups in total. The number of Topliss-reactive ketones (excluding diaryl/α,β-unsaturated/α-hetero) is 1. The van der Waals surface area contributed by atoms with Gasteiger partial charge in [-0.3, -0.25) is 4.79 Å². The number of benzene rings is 1. The minimum atomic E-state index is -4.49. The van der Waals surface area contributed by atoms with Crippen molar-refractivity contribution in [2.75, 3.05) is 6.26 Å². The summed E-state index contributed by atoms with van der Waals surface area (Å²) in [6.07, 6.45) is -3.58. The van der Waals surface area contributed by atoms with Gasteiger partial charge in [-0.25, -0.2) is 8.42 Å². The minimum Gasteiger partial charge on any atom is -0.292 e. The lowest BCUT2D eigenvalue weighted by molar-refractivity contribution is -0.137. The molecule has 0 aliphatic carbocycles. The molecule has 106 valence electrons. The van der Waals surface area contributed by atoms with Crippen LogP contribution < -0.4 is 0 Å². The molecule has 1 aromatic rings. The van der Waals surface area contributed by atoms with E-state index in [4.69, 9.17) is 0 Å². The van der Waals surface area contributed by atoms with Crippen LogP contribution in [0.1, 0.15) is 29.8 Å². The molecular formula is C12H13F3O3S. The summed E-state index contributed by atoms with van der Waals surface area (Å²) >= 11 is 0. The molecule has 0 saturated heterocycles. The molecule has 1 aromatic carbocycles. The van der Waals surface area contributed by atoms with Gasteiger partial charge in [0.05, 0.1) is 5.56 Å². The minimum absolute atomic E-state index is 0.0663. The summed E-state index contributed by atoms with van der Waals surface area (Å²) in [5, 5.41) is 0. The van der Waals surface area contributed by atoms with Crippen LogP contribution in [0.4, 0.5) is 13.2 Å². The van der Waals surface area contributed by atoms with Gasteiger partial charge in [-0.05, 0) is 26.0 Å². The van der Waals surface area contributed by atoms with E-state index in [-0.39, 0.29) is 5.56 Å². The Morgan fingerprint density at radius 3 is 1.79 bits per heavy atom. The highest BCUT2D eigenvalue weighted by atomic mass is 32.2. The quantitative estimate of drug-likeness (QED) is 0.805. The maximum atomic E-state index is 12.4. The number of halogens is 3. The lowest BCUT2D eigenvalue weighted by Crippen LogP contribution is -2.39. The Morgan fingerprint density at radius 1 is 1.05 bits per heavy atom. The first kappa shape index (κ1) is 15.7. The second kappa shape index (κ2) is 4.63. The Morgan fingerprint density at radius 2 is 1.47 bits per heavy atom. The van der Waals surface area contributed by atoms with Gasteiger partial charge in [0.1, 0.15) is 4.75 Å². The Balaban J connectivity index is 3.17. The van der Waals surface area contributed by atoms with Gasteiger partial charge >= 0.3 is 6.18 Å². The van der Waals surface area contributed by atoms with E-state index in [2.05, 4.69) is 0 Å². The largest absolute Gasteiger partial charge is 0.416 e. The highest BCUT2D eigenvalue weighted by Crippen LogP contribution is 2.30. The molecule has 0 aliphatic heterocycles. The van der Waals surface area contributed by atoms with Crippen molar-refractivity contribution < 1.29 is 26.4 Å². The summed E-state index contributed by atoms with van der Waals surface area (Å²) in [6.45, 7) is 2.45. The van der Waals surface area contributed by atoms with E-state index in [1.54, 1.807) is 0 Å². The van der Waals surface area contributed by atoms with Crippen LogP contribution in [0.15, 0.2) is 24.3 Å². The van der Waals surface area contributed by atoms with Gasteiger partial charge in [-0.1, -0.05) is 12.1 Å². The van der Waals surface area contributed by atoms with Gasteiger partial charge in [0.2, 0.25) is 0 Å². The first-order valence-corrected chi connectivity index (χ1v) is 7.18. The molecule has 0 saturated carbocycles. The number of ketones is 1. The first-order chi connectivity index (χ1) is 8.37. The van der Waals surface area contributed by atoms with Gasteiger partial charge in [0.15, 0.2) is 15.6 Å². The maximum absolute atomic E-state index is 12.4. The summed E-state index contributed by atoms with van der Waals surface area (Å²) in [5.74, 6) is -0.733. The van der Waals surface area contributed by atoms with Crippen LogP contribution in [0, 0.1) is 0 Å². The normalized spacial score (nSPS) is 13.4. The SMILES string of the molecule is CC(C)(C(=O)c1ccc(C(F)(F)F)cc1)S(C)(=O)=O. The molecule has 0 radical (unpaired) electrons. The number of hydrogen-bond donors (Lipinski definition) is 0. The molecule has 0 amide bonds. The second-order valence-corrected chi connectivity index (χ2v) is 7.25. The molecule has 0 fully saturated rings. The van der Waals surface area contributed by atoms with E-state index in [9.17, 15) is 26.4 Å². The zero-order valence-corrected chi connectivity index (χ0v) is 11.4. The Kier molecular flexibility index (Phi) is 3.82. The highest BCUT2D eigenvalue weighted by Gasteiger charge is 2.39. The molecular weight excluding hydrogens is 281 g/mol. The fraction of sp³-hybridized carbons (Fsp3) is 0.417. The molecule has 7 heteroatoms. The fourth-order valence-corrected chi connectivity index (χ4v) is 1.78. The van der Waals surface area contributed by atoms with Crippen molar-refractivity contribution in [1.82, 2.24) is 0 Å². The van der Waals surface area contributed by atoms with Crippen molar-refractivity contribution >= 4 is 15.6 Å². The molecule has 0 bridgehead atoms. The van der Waals surface area contributed by atoms with Crippen LogP contribution in [-0.4, -0.2) is 25.2 Å². The van der Waals surface area contributed by atoms with E-state index in [0.29, 0.717) is 0 Å². The van der Waals surface area contributed by atoms with Crippen LogP contribution >= 0.6 is 0 Å². The monoisotopic (exact) mass is 294 g/mol. The number of rotatable bonds is 3. The van der Waals surface area contributed by atoms with Crippen LogP contribution in [0.25, 0.3) is 0 Å². The predicted molar refractivity (Wildman–Crippen MR) is 64.7 cm³/mol. The van der Waals surface area contributed by atoms with Gasteiger partial charge < -0.3 is 0 Å². The Hall–Kier alpha value is -1.37. The van der Waals surface area contributed by atoms with Crippen LogP contribution in [-0.2, 0) is 16.0 Å². The molecule has 0 heterocycles. The predicted octanol–water partition coefficient (Wildman–Crippen LogP) is 2.71. The number of hydrogen-bond acceptors (Lipinski definition) is 3. The lowest BCUT2D eigenvalue weighted by Gasteiger charge is -2.21. The number of alkyl halides is 3. The molecule has 0 aromatic heterocycles. The molecule has 0 spiro atoms. The summed E-state index contributed by atoms with van der Waals surface area (Å²) in [6, 6.07) is 3.48. The molecule has 0 unspecified atom stereocenters. The third-order valence-electron chi connectivity index (χ3n) is 2.95. The van der Waals surface area contributed by atoms with E-state index < -0.39 is 32.1 Å². The number of carbonyl (C=O) groups excluding carboxylic acids is 1. The van der Waals surface area contributed by atoms with Crippen molar-refractivity contribution in [1.29, 1.82) is 0 Å². The van der Waals surface area contributed by atoms with Crippen molar-refractivity contribution in [3.8, 4) is 0 Å². The second-order valence-electron chi connectivity index (χ2n) is 4.69. The first-order valence-electron chi connectivity index (χ1n) is 5.29. The number of carbonyl (C=O) groups is 1. The summed E-state index contributed by atoms with van der Waals surface area (Å²) in [4.78, 5) is 12.0. The smallest absolute Gasteiger partial charge is 0.292 e. The van der Waals surface area contributed by atoms with Gasteiger partial charge in [-0.2, -0.15) is 13.2 Å². The zero-order chi connectivity index (χ0) is 15.1. The van der Waals surface area contributed by atoms with Crippen molar-refractivity contribution in [2.24, 2.45) is 0 Å². The van der Waals surface area contributed by atoms with Gasteiger partial charge in [0.25, 0.3) is 0 Å². The van der Waals surface area contributed by atoms with Crippen molar-refractivity contribution in [3.63, 3.8) is 0 Å². The third kappa shape index (κ3) is 3.15. The van der Waals surface area contributed by atoms with E-state index in [0.717, 1.165) is 30.5 Å². The van der Waals surface area contributed by atoms with E-state index in [1.807, 2.05) is 0 Å². The molecule has 19 heavy (non-hydrogen) atoms. The maximum Gasteiger partial charge on any atom is 0.416 e. The molecule has 3 nitrogen and oxygen atoms in total. The highest BCUT2D eigenvalue weighted by molar-refractivity contribution is 7.92. The Bertz CT molecular complexity index is 584. The molecule has 1 rings (SSSR count). The van der Waals surface area contributed by atoms with Gasteiger partial charge in [0, 0.05) is 11.8 Å². The van der Waals surface area contributed by atoms with E-state index in [1.165, 1.54) is 13.8 Å². The van der Waals surface area contributed by atoms with E-state index >= 15 is 0 Å². The van der Waals surface area contributed by atoms with Crippen LogP contribution in [0.3, 0.4) is 0 Å². The van der Waals surface area contributed by atoms with Crippen molar-refractivity contribution in [2.45, 2.75) is 24.8 Å². The molecule has 0 atom stereocenters. The summed E-state index contributed by atoms with van der Waals surface area (Å²) in [5.41, 5.74) is -0.954. The zero-order valence-electron chi connectivity index (χ0n) is 10.6. The average Bonchev–Trinajstić information content (AvgIpc) is 2.25. The van der Waals surface area contributed by atoms with Crippen molar-refractivity contribution in [3.05, 3.63) is 35.4 Å². The lowest BCUT2D eigenvalue weighted by atomic mass is 9.99. The topological polar surface area (TPSA) is 51.2 Å². The number of sulfone groups is 1. The van der Waals surface area contributed by atoms with Crippen LogP contribution in [0.5, 0.6) is 0 Å². The summed E-state index contributed by atoms with van der Waals surface area (Å²) < 4.78 is 58.4. The average molecular weight is 294 g/mol. The standard InChI is InChI=1S/C12H13F3O3S/c1-11(2,19(3,17)18)10(16)8-4-6-9(7-5-8)12(13,14)15/h4-7H,1-3H3. The summed E-state index contributed by atoms with van der Waals surface area (Å²) in [7, 11) is -3.66. The van der Waals surface area contributed by atoms with Crippen LogP contribution in [0.2, 0.25) is 0 Å². The third-order valence-corrected chi connectivity index (χ3v) is 4.99. The Labute approximate surface area is 109 Å². The van der Waals surface area contributed by atoms with Gasteiger partial charge in [-0.15, -0.1) is 0 Å². The fourth-order valence-electron chi connectivity index (χ4n) is 1.33.